The average molecular weight is 616 g/mol. The van der Waals surface area contributed by atoms with Crippen LogP contribution in [0, 0.1) is 5.92 Å². The minimum atomic E-state index is -2.37. The van der Waals surface area contributed by atoms with Gasteiger partial charge in [0.05, 0.1) is 5.92 Å². The van der Waals surface area contributed by atoms with Crippen LogP contribution in [0.25, 0.3) is 10.9 Å². The molecular formula is C33H37N5O7. The van der Waals surface area contributed by atoms with Gasteiger partial charge in [0.2, 0.25) is 17.5 Å². The van der Waals surface area contributed by atoms with Crippen molar-refractivity contribution in [2.45, 2.75) is 74.7 Å². The number of aliphatic carboxylic acids is 1. The number of fused-ring (bicyclic) bond motifs is 3. The lowest BCUT2D eigenvalue weighted by molar-refractivity contribution is -0.303. The Morgan fingerprint density at radius 1 is 1.13 bits per heavy atom. The van der Waals surface area contributed by atoms with E-state index in [1.165, 1.54) is 23.4 Å². The fourth-order valence-corrected chi connectivity index (χ4v) is 7.95. The van der Waals surface area contributed by atoms with Gasteiger partial charge in [-0.3, -0.25) is 28.8 Å². The largest absolute Gasteiger partial charge is 0.481 e. The highest BCUT2D eigenvalue weighted by Gasteiger charge is 2.67. The lowest BCUT2D eigenvalue weighted by atomic mass is 9.72. The Kier molecular flexibility index (Phi) is 6.99. The Labute approximate surface area is 259 Å². The van der Waals surface area contributed by atoms with Gasteiger partial charge in [0.1, 0.15) is 12.1 Å². The molecule has 12 heteroatoms. The van der Waals surface area contributed by atoms with Crippen molar-refractivity contribution in [1.29, 1.82) is 0 Å². The number of piperidine rings is 1. The molecule has 5 N–H and O–H groups in total. The zero-order valence-corrected chi connectivity index (χ0v) is 25.2. The third-order valence-electron chi connectivity index (χ3n) is 10.1. The first-order chi connectivity index (χ1) is 21.5. The summed E-state index contributed by atoms with van der Waals surface area (Å²) in [5.74, 6) is -5.58. The van der Waals surface area contributed by atoms with E-state index in [0.717, 1.165) is 22.4 Å². The van der Waals surface area contributed by atoms with Crippen LogP contribution in [0.3, 0.4) is 0 Å². The maximum absolute atomic E-state index is 14.2. The molecule has 0 bridgehead atoms. The number of ether oxygens (including phenoxy) is 1. The summed E-state index contributed by atoms with van der Waals surface area (Å²) in [5.41, 5.74) is 2.30. The van der Waals surface area contributed by atoms with Gasteiger partial charge in [0, 0.05) is 48.4 Å². The van der Waals surface area contributed by atoms with E-state index in [9.17, 15) is 29.4 Å². The van der Waals surface area contributed by atoms with Crippen molar-refractivity contribution in [2.75, 3.05) is 13.6 Å². The number of H-pyrrole nitrogens is 1. The number of carboxylic acid groups (broad SMARTS) is 1. The van der Waals surface area contributed by atoms with Gasteiger partial charge in [-0.05, 0) is 56.0 Å². The van der Waals surface area contributed by atoms with Gasteiger partial charge in [-0.15, -0.1) is 0 Å². The first-order valence-electron chi connectivity index (χ1n) is 15.4. The molecule has 1 aromatic heterocycles. The molecule has 4 aliphatic rings. The molecular weight excluding hydrogens is 578 g/mol. The highest BCUT2D eigenvalue weighted by Crippen LogP contribution is 2.45. The van der Waals surface area contributed by atoms with E-state index in [-0.39, 0.29) is 31.2 Å². The Morgan fingerprint density at radius 3 is 2.67 bits per heavy atom. The Hall–Kier alpha value is -4.26. The van der Waals surface area contributed by atoms with Gasteiger partial charge in [-0.2, -0.15) is 0 Å². The maximum Gasteiger partial charge on any atom is 0.303 e. The van der Waals surface area contributed by atoms with Crippen LogP contribution in [0.1, 0.15) is 48.8 Å². The van der Waals surface area contributed by atoms with Gasteiger partial charge in [-0.25, -0.2) is 0 Å². The van der Waals surface area contributed by atoms with Crippen LogP contribution < -0.4 is 10.6 Å². The molecule has 0 saturated carbocycles. The minimum absolute atomic E-state index is 0.0862. The van der Waals surface area contributed by atoms with Gasteiger partial charge >= 0.3 is 5.97 Å². The van der Waals surface area contributed by atoms with Crippen LogP contribution >= 0.6 is 0 Å². The molecule has 12 nitrogen and oxygen atoms in total. The topological polar surface area (TPSA) is 164 Å². The predicted molar refractivity (Wildman–Crippen MR) is 161 cm³/mol. The van der Waals surface area contributed by atoms with E-state index < -0.39 is 53.3 Å². The number of carbonyl (C=O) groups excluding carboxylic acids is 3. The number of aromatic nitrogens is 1. The summed E-state index contributed by atoms with van der Waals surface area (Å²) in [4.78, 5) is 59.4. The number of amides is 3. The van der Waals surface area contributed by atoms with E-state index >= 15 is 0 Å². The van der Waals surface area contributed by atoms with E-state index in [1.807, 2.05) is 19.2 Å². The Morgan fingerprint density at radius 2 is 1.91 bits per heavy atom. The monoisotopic (exact) mass is 615 g/mol. The third-order valence-corrected chi connectivity index (χ3v) is 10.1. The standard InChI is InChI=1S/C33H37N5O7/c1-32(36-29(41)20-14-22-21-9-6-10-23-28(21)19(16-34-23)15-24(22)37(2)17-20)31(43)38-25(13-18-7-4-3-5-8-18)30(42)35-26(11-12-27(39)40)33(38,44)45-32/h3-10,16,20,22,24-26,34,44H,11-15,17H2,1-2H3,(H,35,42)(H,36,41)(H,39,40)/t20-,22-,24-,25+,26+,32-,33+/m1/s1. The van der Waals surface area contributed by atoms with Crippen LogP contribution in [0.4, 0.5) is 0 Å². The van der Waals surface area contributed by atoms with Crippen molar-refractivity contribution in [3.8, 4) is 0 Å². The number of hydrogen-bond donors (Lipinski definition) is 5. The second-order valence-corrected chi connectivity index (χ2v) is 13.0. The highest BCUT2D eigenvalue weighted by atomic mass is 16.7. The van der Waals surface area contributed by atoms with Crippen LogP contribution in [-0.4, -0.2) is 92.0 Å². The molecule has 0 spiro atoms. The van der Waals surface area contributed by atoms with Crippen molar-refractivity contribution < 1.29 is 34.1 Å². The van der Waals surface area contributed by atoms with E-state index in [2.05, 4.69) is 38.8 Å². The number of aromatic amines is 1. The molecule has 4 heterocycles. The molecule has 0 radical (unpaired) electrons. The number of likely N-dealkylation sites (N-methyl/N-ethyl adjacent to an activating group) is 1. The van der Waals surface area contributed by atoms with Gasteiger partial charge in [0.25, 0.3) is 11.8 Å². The van der Waals surface area contributed by atoms with Crippen molar-refractivity contribution >= 4 is 34.6 Å². The zero-order chi connectivity index (χ0) is 31.7. The first kappa shape index (κ1) is 29.5. The molecule has 3 saturated heterocycles. The number of carboxylic acids is 1. The Bertz CT molecular complexity index is 1690. The van der Waals surface area contributed by atoms with E-state index in [0.29, 0.717) is 13.0 Å². The second-order valence-electron chi connectivity index (χ2n) is 13.0. The normalized spacial score (nSPS) is 32.6. The number of rotatable bonds is 7. The number of likely N-dealkylation sites (tertiary alicyclic amines) is 1. The zero-order valence-electron chi connectivity index (χ0n) is 25.2. The lowest BCUT2D eigenvalue weighted by Crippen LogP contribution is -2.72. The molecule has 3 fully saturated rings. The van der Waals surface area contributed by atoms with Gasteiger partial charge < -0.3 is 30.7 Å². The number of piperazine rings is 1. The van der Waals surface area contributed by atoms with Crippen molar-refractivity contribution in [3.63, 3.8) is 0 Å². The van der Waals surface area contributed by atoms with Crippen LogP contribution in [0.2, 0.25) is 0 Å². The predicted octanol–water partition coefficient (Wildman–Crippen LogP) is 1.44. The molecule has 2 aromatic carbocycles. The molecule has 7 atom stereocenters. The maximum atomic E-state index is 14.2. The van der Waals surface area contributed by atoms with Crippen molar-refractivity contribution in [2.24, 2.45) is 5.92 Å². The highest BCUT2D eigenvalue weighted by molar-refractivity contribution is 5.97. The van der Waals surface area contributed by atoms with Gasteiger partial charge in [-0.1, -0.05) is 42.5 Å². The number of benzene rings is 2. The summed E-state index contributed by atoms with van der Waals surface area (Å²) >= 11 is 0. The smallest absolute Gasteiger partial charge is 0.303 e. The summed E-state index contributed by atoms with van der Waals surface area (Å²) in [6, 6.07) is 13.1. The number of nitrogens with zero attached hydrogens (tertiary/aromatic N) is 2. The molecule has 236 valence electrons. The molecule has 7 rings (SSSR count). The van der Waals surface area contributed by atoms with Gasteiger partial charge in [0.15, 0.2) is 0 Å². The first-order valence-corrected chi connectivity index (χ1v) is 15.4. The Balaban J connectivity index is 1.16. The summed E-state index contributed by atoms with van der Waals surface area (Å²) in [6.45, 7) is 1.85. The average Bonchev–Trinajstić information content (AvgIpc) is 3.51. The number of aliphatic hydroxyl groups is 1. The molecule has 1 aliphatic carbocycles. The second kappa shape index (κ2) is 10.7. The third kappa shape index (κ3) is 4.79. The van der Waals surface area contributed by atoms with Crippen LogP contribution in [0.5, 0.6) is 0 Å². The summed E-state index contributed by atoms with van der Waals surface area (Å²) < 4.78 is 6.07. The lowest BCUT2D eigenvalue weighted by Gasteiger charge is -2.46. The quantitative estimate of drug-likeness (QED) is 0.267. The van der Waals surface area contributed by atoms with Crippen LogP contribution in [-0.2, 0) is 36.8 Å². The minimum Gasteiger partial charge on any atom is -0.481 e. The molecule has 3 aliphatic heterocycles. The SMILES string of the molecule is CN1C[C@H](C(=O)N[C@]2(C)O[C@@]3(O)[C@H](CCC(=O)O)NC(=O)[C@H](Cc4ccccc4)N3C2=O)C[C@@H]2c3cccc4[nH]cc(c34)C[C@H]21. The molecule has 0 unspecified atom stereocenters. The van der Waals surface area contributed by atoms with E-state index in [1.54, 1.807) is 24.3 Å². The number of nitrogens with one attached hydrogen (secondary N) is 3. The molecule has 3 aromatic rings. The summed E-state index contributed by atoms with van der Waals surface area (Å²) in [5, 5.41) is 28.0. The summed E-state index contributed by atoms with van der Waals surface area (Å²) in [6.07, 6.45) is 3.03. The van der Waals surface area contributed by atoms with E-state index in [4.69, 9.17) is 4.74 Å². The van der Waals surface area contributed by atoms with Crippen LogP contribution in [0.15, 0.2) is 54.7 Å². The van der Waals surface area contributed by atoms with Crippen molar-refractivity contribution in [3.05, 3.63) is 71.4 Å². The fourth-order valence-electron chi connectivity index (χ4n) is 7.95. The fraction of sp³-hybridized carbons (Fsp3) is 0.455. The number of carbonyl (C=O) groups is 4. The van der Waals surface area contributed by atoms with Crippen molar-refractivity contribution in [1.82, 2.24) is 25.4 Å². The molecule has 3 amide bonds. The molecule has 45 heavy (non-hydrogen) atoms. The number of hydrogen-bond acceptors (Lipinski definition) is 7. The summed E-state index contributed by atoms with van der Waals surface area (Å²) in [7, 11) is 2.01.